The summed E-state index contributed by atoms with van der Waals surface area (Å²) in [5, 5.41) is 0. The lowest BCUT2D eigenvalue weighted by atomic mass is 10.7. The first-order valence-electron chi connectivity index (χ1n) is 2.42. The van der Waals surface area contributed by atoms with Gasteiger partial charge in [0.1, 0.15) is 0 Å². The quantitative estimate of drug-likeness (QED) is 0.542. The smallest absolute Gasteiger partial charge is 0.356 e. The summed E-state index contributed by atoms with van der Waals surface area (Å²) in [7, 11) is 1.41. The van der Waals surface area contributed by atoms with Gasteiger partial charge in [-0.3, -0.25) is 0 Å². The summed E-state index contributed by atoms with van der Waals surface area (Å²) in [4.78, 5) is 0. The van der Waals surface area contributed by atoms with E-state index in [2.05, 4.69) is 16.4 Å². The van der Waals surface area contributed by atoms with Crippen molar-refractivity contribution in [1.29, 1.82) is 0 Å². The van der Waals surface area contributed by atoms with Crippen LogP contribution in [0.25, 0.3) is 0 Å². The molecule has 0 heterocycles. The number of halogens is 2. The molecule has 0 unspecified atom stereocenters. The topological polar surface area (TPSA) is 18.5 Å². The molecule has 2 nitrogen and oxygen atoms in total. The lowest BCUT2D eigenvalue weighted by molar-refractivity contribution is -0.207. The Morgan fingerprint density at radius 2 is 2.00 bits per heavy atom. The van der Waals surface area contributed by atoms with Crippen molar-refractivity contribution in [2.45, 2.75) is 6.11 Å². The van der Waals surface area contributed by atoms with Crippen LogP contribution in [-0.4, -0.2) is 26.4 Å². The number of alkyl halides is 2. The van der Waals surface area contributed by atoms with Crippen LogP contribution in [0.4, 0.5) is 8.78 Å². The van der Waals surface area contributed by atoms with Gasteiger partial charge in [0.2, 0.25) is 0 Å². The van der Waals surface area contributed by atoms with Crippen LogP contribution in [-0.2, 0) is 9.47 Å². The van der Waals surface area contributed by atoms with E-state index < -0.39 is 6.11 Å². The maximum Gasteiger partial charge on any atom is 0.356 e. The molecule has 0 N–H and O–H groups in total. The van der Waals surface area contributed by atoms with Gasteiger partial charge < -0.3 is 9.47 Å². The molecule has 4 heteroatoms. The maximum absolute atomic E-state index is 11.7. The Balaban J connectivity index is 3.07. The Kier molecular flexibility index (Phi) is 3.65. The lowest BCUT2D eigenvalue weighted by Crippen LogP contribution is -2.18. The number of hydrogen-bond acceptors (Lipinski definition) is 2. The highest BCUT2D eigenvalue weighted by Crippen LogP contribution is 2.11. The highest BCUT2D eigenvalue weighted by atomic mass is 19.3. The fourth-order valence-electron chi connectivity index (χ4n) is 0.274. The average molecular weight is 139 g/mol. The fraction of sp³-hybridized carbons (Fsp3) is 0.800. The summed E-state index contributed by atoms with van der Waals surface area (Å²) < 4.78 is 31.7. The number of ether oxygens (including phenoxy) is 2. The third kappa shape index (κ3) is 7.78. The number of rotatable bonds is 4. The van der Waals surface area contributed by atoms with Crippen molar-refractivity contribution >= 4 is 0 Å². The van der Waals surface area contributed by atoms with Crippen LogP contribution < -0.4 is 0 Å². The molecule has 0 saturated heterocycles. The van der Waals surface area contributed by atoms with Crippen molar-refractivity contribution in [1.82, 2.24) is 0 Å². The highest BCUT2D eigenvalue weighted by molar-refractivity contribution is 4.51. The summed E-state index contributed by atoms with van der Waals surface area (Å²) in [6.07, 6.45) is -3.28. The molecule has 0 spiro atoms. The Bertz CT molecular complexity index is 69.8. The molecule has 55 valence electrons. The second kappa shape index (κ2) is 3.74. The zero-order valence-corrected chi connectivity index (χ0v) is 5.19. The van der Waals surface area contributed by atoms with E-state index in [0.717, 1.165) is 0 Å². The first-order valence-corrected chi connectivity index (χ1v) is 2.42. The van der Waals surface area contributed by atoms with Crippen molar-refractivity contribution in [3.05, 3.63) is 6.92 Å². The van der Waals surface area contributed by atoms with Gasteiger partial charge in [-0.1, -0.05) is 0 Å². The molecule has 0 atom stereocenters. The fourth-order valence-corrected chi connectivity index (χ4v) is 0.274. The van der Waals surface area contributed by atoms with Crippen LogP contribution in [0.5, 0.6) is 0 Å². The second-order valence-electron chi connectivity index (χ2n) is 1.48. The van der Waals surface area contributed by atoms with E-state index in [1.54, 1.807) is 0 Å². The van der Waals surface area contributed by atoms with Gasteiger partial charge in [-0.05, 0) is 0 Å². The lowest BCUT2D eigenvalue weighted by Gasteiger charge is -2.09. The molecule has 0 aromatic carbocycles. The summed E-state index contributed by atoms with van der Waals surface area (Å²) in [6, 6.07) is 0. The van der Waals surface area contributed by atoms with Crippen LogP contribution in [0.2, 0.25) is 0 Å². The molecule has 0 fully saturated rings. The van der Waals surface area contributed by atoms with Crippen molar-refractivity contribution in [2.75, 3.05) is 20.3 Å². The van der Waals surface area contributed by atoms with Gasteiger partial charge in [0.05, 0.1) is 13.2 Å². The Labute approximate surface area is 52.8 Å². The minimum Gasteiger partial charge on any atom is -0.382 e. The summed E-state index contributed by atoms with van der Waals surface area (Å²) >= 11 is 0. The molecule has 0 aliphatic carbocycles. The zero-order chi connectivity index (χ0) is 7.33. The normalized spacial score (nSPS) is 12.0. The minimum absolute atomic E-state index is 0.132. The van der Waals surface area contributed by atoms with Gasteiger partial charge in [0.25, 0.3) is 0 Å². The number of methoxy groups -OCH3 is 1. The van der Waals surface area contributed by atoms with Crippen LogP contribution in [0.3, 0.4) is 0 Å². The zero-order valence-electron chi connectivity index (χ0n) is 5.19. The van der Waals surface area contributed by atoms with Crippen molar-refractivity contribution in [2.24, 2.45) is 0 Å². The Morgan fingerprint density at radius 3 is 2.33 bits per heavy atom. The summed E-state index contributed by atoms with van der Waals surface area (Å²) in [6.45, 7) is 2.46. The van der Waals surface area contributed by atoms with E-state index in [1.165, 1.54) is 7.11 Å². The molecule has 0 aromatic rings. The van der Waals surface area contributed by atoms with Crippen molar-refractivity contribution < 1.29 is 18.3 Å². The maximum atomic E-state index is 11.7. The summed E-state index contributed by atoms with van der Waals surface area (Å²) in [5.41, 5.74) is 0. The first kappa shape index (κ1) is 8.78. The molecule has 0 bridgehead atoms. The molecule has 0 aromatic heterocycles. The standard InChI is InChI=1S/C5H9F2O2/c1-5(6,7)9-4-3-8-2/h1,3-4H2,2H3. The third-order valence-corrected chi connectivity index (χ3v) is 0.601. The Morgan fingerprint density at radius 1 is 1.44 bits per heavy atom. The molecule has 0 saturated carbocycles. The highest BCUT2D eigenvalue weighted by Gasteiger charge is 2.20. The molecular weight excluding hydrogens is 130 g/mol. The van der Waals surface area contributed by atoms with E-state index in [1.807, 2.05) is 0 Å². The monoisotopic (exact) mass is 139 g/mol. The minimum atomic E-state index is -3.28. The van der Waals surface area contributed by atoms with Crippen LogP contribution in [0.1, 0.15) is 0 Å². The predicted molar refractivity (Wildman–Crippen MR) is 28.1 cm³/mol. The molecule has 0 aliphatic rings. The largest absolute Gasteiger partial charge is 0.382 e. The average Bonchev–Trinajstić information content (AvgIpc) is 1.63. The van der Waals surface area contributed by atoms with E-state index in [4.69, 9.17) is 0 Å². The van der Waals surface area contributed by atoms with Gasteiger partial charge in [-0.15, -0.1) is 0 Å². The van der Waals surface area contributed by atoms with Crippen LogP contribution >= 0.6 is 0 Å². The predicted octanol–water partition coefficient (Wildman–Crippen LogP) is 1.08. The van der Waals surface area contributed by atoms with Crippen LogP contribution in [0, 0.1) is 6.92 Å². The van der Waals surface area contributed by atoms with E-state index in [9.17, 15) is 8.78 Å². The first-order chi connectivity index (χ1) is 4.06. The van der Waals surface area contributed by atoms with Gasteiger partial charge >= 0.3 is 6.11 Å². The molecule has 9 heavy (non-hydrogen) atoms. The molecule has 0 amide bonds. The number of hydrogen-bond donors (Lipinski definition) is 0. The molecule has 1 radical (unpaired) electrons. The van der Waals surface area contributed by atoms with Gasteiger partial charge in [0.15, 0.2) is 0 Å². The Hall–Kier alpha value is -0.220. The van der Waals surface area contributed by atoms with Gasteiger partial charge in [-0.25, -0.2) is 0 Å². The summed E-state index contributed by atoms with van der Waals surface area (Å²) in [5.74, 6) is 0. The van der Waals surface area contributed by atoms with Crippen molar-refractivity contribution in [3.8, 4) is 0 Å². The van der Waals surface area contributed by atoms with E-state index >= 15 is 0 Å². The second-order valence-corrected chi connectivity index (χ2v) is 1.48. The molecular formula is C5H9F2O2. The molecule has 0 rings (SSSR count). The van der Waals surface area contributed by atoms with Gasteiger partial charge in [-0.2, -0.15) is 8.78 Å². The molecule has 0 aliphatic heterocycles. The van der Waals surface area contributed by atoms with E-state index in [0.29, 0.717) is 0 Å². The van der Waals surface area contributed by atoms with Crippen LogP contribution in [0.15, 0.2) is 0 Å². The van der Waals surface area contributed by atoms with Crippen molar-refractivity contribution in [3.63, 3.8) is 0 Å². The van der Waals surface area contributed by atoms with Gasteiger partial charge in [0, 0.05) is 14.0 Å². The van der Waals surface area contributed by atoms with E-state index in [-0.39, 0.29) is 13.2 Å². The third-order valence-electron chi connectivity index (χ3n) is 0.601. The SMILES string of the molecule is [CH2]C(F)(F)OCCOC.